The van der Waals surface area contributed by atoms with Gasteiger partial charge in [0.15, 0.2) is 0 Å². The van der Waals surface area contributed by atoms with Crippen molar-refractivity contribution >= 4 is 26.7 Å². The van der Waals surface area contributed by atoms with Crippen LogP contribution >= 0.6 is 0 Å². The van der Waals surface area contributed by atoms with Crippen molar-refractivity contribution in [2.24, 2.45) is 5.92 Å². The Morgan fingerprint density at radius 1 is 1.15 bits per heavy atom. The van der Waals surface area contributed by atoms with Gasteiger partial charge in [-0.25, -0.2) is 17.8 Å². The van der Waals surface area contributed by atoms with Crippen LogP contribution in [0.3, 0.4) is 0 Å². The number of hydrogen-bond donors (Lipinski definition) is 1. The summed E-state index contributed by atoms with van der Waals surface area (Å²) >= 11 is 0. The molecule has 8 heteroatoms. The Morgan fingerprint density at radius 2 is 1.91 bits per heavy atom. The first-order valence-corrected chi connectivity index (χ1v) is 13.1. The van der Waals surface area contributed by atoms with Crippen LogP contribution in [-0.4, -0.2) is 31.2 Å². The van der Waals surface area contributed by atoms with Crippen LogP contribution in [0, 0.1) is 11.7 Å². The second-order valence-corrected chi connectivity index (χ2v) is 11.1. The Hall–Kier alpha value is -3.13. The van der Waals surface area contributed by atoms with E-state index < -0.39 is 10.0 Å². The fourth-order valence-corrected chi connectivity index (χ4v) is 5.47. The molecule has 1 N–H and O–H groups in total. The number of furan rings is 1. The van der Waals surface area contributed by atoms with E-state index in [4.69, 9.17) is 4.42 Å². The largest absolute Gasteiger partial charge is 0.455 e. The molecule has 33 heavy (non-hydrogen) atoms. The Bertz CT molecular complexity index is 1430. The predicted octanol–water partition coefficient (Wildman–Crippen LogP) is 5.68. The third kappa shape index (κ3) is 3.82. The number of imidazole rings is 1. The topological polar surface area (TPSA) is 79.2 Å². The van der Waals surface area contributed by atoms with E-state index in [0.29, 0.717) is 41.2 Å². The second-order valence-electron chi connectivity index (χ2n) is 9.17. The molecule has 0 radical (unpaired) electrons. The van der Waals surface area contributed by atoms with Crippen molar-refractivity contribution in [2.45, 2.75) is 31.6 Å². The number of aromatic nitrogens is 2. The van der Waals surface area contributed by atoms with E-state index in [0.717, 1.165) is 47.8 Å². The van der Waals surface area contributed by atoms with Crippen LogP contribution in [0.25, 0.3) is 33.7 Å². The Balaban J connectivity index is 1.60. The minimum Gasteiger partial charge on any atom is -0.455 e. The van der Waals surface area contributed by atoms with E-state index >= 15 is 0 Å². The third-order valence-electron chi connectivity index (χ3n) is 6.49. The van der Waals surface area contributed by atoms with Gasteiger partial charge in [-0.2, -0.15) is 0 Å². The van der Waals surface area contributed by atoms with Gasteiger partial charge in [0, 0.05) is 36.0 Å². The van der Waals surface area contributed by atoms with Crippen LogP contribution in [0.15, 0.2) is 53.2 Å². The molecule has 0 bridgehead atoms. The van der Waals surface area contributed by atoms with E-state index in [-0.39, 0.29) is 5.82 Å². The molecule has 170 valence electrons. The Kier molecular flexibility index (Phi) is 4.62. The van der Waals surface area contributed by atoms with Crippen molar-refractivity contribution in [1.82, 2.24) is 9.97 Å². The summed E-state index contributed by atoms with van der Waals surface area (Å²) in [6.07, 6.45) is 8.91. The van der Waals surface area contributed by atoms with Gasteiger partial charge in [0.2, 0.25) is 10.0 Å². The molecule has 2 aliphatic rings. The van der Waals surface area contributed by atoms with Crippen LogP contribution in [0.1, 0.15) is 37.2 Å². The molecule has 2 heterocycles. The first-order chi connectivity index (χ1) is 15.9. The van der Waals surface area contributed by atoms with Gasteiger partial charge >= 0.3 is 0 Å². The quantitative estimate of drug-likeness (QED) is 0.381. The number of benzene rings is 2. The van der Waals surface area contributed by atoms with Crippen molar-refractivity contribution < 1.29 is 17.2 Å². The summed E-state index contributed by atoms with van der Waals surface area (Å²) in [7, 11) is -3.44. The average Bonchev–Trinajstić information content (AvgIpc) is 3.70. The van der Waals surface area contributed by atoms with Gasteiger partial charge in [0.1, 0.15) is 23.0 Å². The number of H-pyrrole nitrogens is 1. The maximum Gasteiger partial charge on any atom is 0.232 e. The number of hydrogen-bond acceptors (Lipinski definition) is 4. The molecular weight excluding hydrogens is 441 g/mol. The summed E-state index contributed by atoms with van der Waals surface area (Å²) in [5.74, 6) is 1.65. The van der Waals surface area contributed by atoms with Crippen LogP contribution in [0.4, 0.5) is 10.1 Å². The number of halogens is 1. The third-order valence-corrected chi connectivity index (χ3v) is 7.63. The fraction of sp³-hybridized carbons (Fsp3) is 0.320. The highest BCUT2D eigenvalue weighted by Crippen LogP contribution is 2.49. The van der Waals surface area contributed by atoms with Crippen molar-refractivity contribution in [3.8, 4) is 22.7 Å². The second kappa shape index (κ2) is 7.45. The number of rotatable bonds is 7. The molecule has 0 amide bonds. The highest BCUT2D eigenvalue weighted by Gasteiger charge is 2.35. The SMILES string of the molecule is CS(=O)(=O)N(CC1CC1)c1cc2oc(-c3ccc(F)cc3)c(-c3ncc[nH]3)c2cc1C1CC1. The number of nitrogens with one attached hydrogen (secondary N) is 1. The van der Waals surface area contributed by atoms with Crippen molar-refractivity contribution in [2.75, 3.05) is 17.1 Å². The molecular formula is C25H24FN3O3S. The average molecular weight is 466 g/mol. The van der Waals surface area contributed by atoms with Gasteiger partial charge in [-0.05, 0) is 73.4 Å². The zero-order chi connectivity index (χ0) is 22.7. The molecule has 4 aromatic rings. The lowest BCUT2D eigenvalue weighted by Gasteiger charge is -2.25. The molecule has 2 aliphatic carbocycles. The summed E-state index contributed by atoms with van der Waals surface area (Å²) in [4.78, 5) is 7.61. The molecule has 0 aliphatic heterocycles. The first-order valence-electron chi connectivity index (χ1n) is 11.2. The molecule has 2 fully saturated rings. The molecule has 2 aromatic carbocycles. The number of aromatic amines is 1. The van der Waals surface area contributed by atoms with Gasteiger partial charge in [0.05, 0.1) is 17.5 Å². The first kappa shape index (κ1) is 20.5. The monoisotopic (exact) mass is 465 g/mol. The molecule has 6 rings (SSSR count). The molecule has 2 saturated carbocycles. The van der Waals surface area contributed by atoms with Gasteiger partial charge in [0.25, 0.3) is 0 Å². The zero-order valence-electron chi connectivity index (χ0n) is 18.2. The van der Waals surface area contributed by atoms with E-state index in [2.05, 4.69) is 16.0 Å². The summed E-state index contributed by atoms with van der Waals surface area (Å²) in [5.41, 5.74) is 3.86. The van der Waals surface area contributed by atoms with Crippen LogP contribution in [-0.2, 0) is 10.0 Å². The highest BCUT2D eigenvalue weighted by molar-refractivity contribution is 7.92. The standard InChI is InChI=1S/C25H24FN3O3S/c1-33(30,31)29(14-15-2-3-15)21-13-22-20(12-19(21)16-4-5-16)23(25-27-10-11-28-25)24(32-22)17-6-8-18(26)9-7-17/h6-13,15-16H,2-5,14H2,1H3,(H,27,28). The molecule has 2 aromatic heterocycles. The van der Waals surface area contributed by atoms with Crippen molar-refractivity contribution in [3.05, 3.63) is 60.2 Å². The number of fused-ring (bicyclic) bond motifs is 1. The lowest BCUT2D eigenvalue weighted by atomic mass is 10.0. The van der Waals surface area contributed by atoms with Crippen molar-refractivity contribution in [1.29, 1.82) is 0 Å². The molecule has 6 nitrogen and oxygen atoms in total. The maximum atomic E-state index is 13.6. The summed E-state index contributed by atoms with van der Waals surface area (Å²) in [6.45, 7) is 0.501. The molecule has 0 saturated heterocycles. The molecule has 0 spiro atoms. The van der Waals surface area contributed by atoms with E-state index in [1.165, 1.54) is 18.4 Å². The van der Waals surface area contributed by atoms with E-state index in [1.54, 1.807) is 28.8 Å². The number of nitrogens with zero attached hydrogens (tertiary/aromatic N) is 2. The van der Waals surface area contributed by atoms with Gasteiger partial charge in [-0.3, -0.25) is 4.31 Å². The zero-order valence-corrected chi connectivity index (χ0v) is 19.0. The fourth-order valence-electron chi connectivity index (χ4n) is 4.48. The maximum absolute atomic E-state index is 13.6. The van der Waals surface area contributed by atoms with Crippen LogP contribution < -0.4 is 4.31 Å². The van der Waals surface area contributed by atoms with E-state index in [9.17, 15) is 12.8 Å². The van der Waals surface area contributed by atoms with Gasteiger partial charge in [-0.15, -0.1) is 0 Å². The highest BCUT2D eigenvalue weighted by atomic mass is 32.2. The predicted molar refractivity (Wildman–Crippen MR) is 126 cm³/mol. The lowest BCUT2D eigenvalue weighted by molar-refractivity contribution is 0.594. The van der Waals surface area contributed by atoms with Crippen LogP contribution in [0.2, 0.25) is 0 Å². The minimum atomic E-state index is -3.44. The number of anilines is 1. The van der Waals surface area contributed by atoms with Crippen molar-refractivity contribution in [3.63, 3.8) is 0 Å². The number of sulfonamides is 1. The molecule has 0 atom stereocenters. The lowest BCUT2D eigenvalue weighted by Crippen LogP contribution is -2.32. The van der Waals surface area contributed by atoms with Crippen LogP contribution in [0.5, 0.6) is 0 Å². The Morgan fingerprint density at radius 3 is 2.52 bits per heavy atom. The van der Waals surface area contributed by atoms with E-state index in [1.807, 2.05) is 6.07 Å². The minimum absolute atomic E-state index is 0.323. The molecule has 0 unspecified atom stereocenters. The summed E-state index contributed by atoms with van der Waals surface area (Å²) in [5, 5.41) is 0.870. The summed E-state index contributed by atoms with van der Waals surface area (Å²) in [6, 6.07) is 10.1. The summed E-state index contributed by atoms with van der Waals surface area (Å²) < 4.78 is 47.0. The van der Waals surface area contributed by atoms with Gasteiger partial charge in [-0.1, -0.05) is 0 Å². The van der Waals surface area contributed by atoms with Gasteiger partial charge < -0.3 is 9.40 Å². The normalized spacial score (nSPS) is 16.4. The Labute approximate surface area is 191 Å². The smallest absolute Gasteiger partial charge is 0.232 e.